The Bertz CT molecular complexity index is 278. The van der Waals surface area contributed by atoms with E-state index >= 15 is 0 Å². The topological polar surface area (TPSA) is 0 Å². The molecular formula is H3P7. The van der Waals surface area contributed by atoms with Crippen LogP contribution in [0.4, 0.5) is 0 Å². The standard InChI is InChI=1S/H3P7/c1-4-2-6-5(1)7(6)3-4/h1-3H. The summed E-state index contributed by atoms with van der Waals surface area (Å²) in [5.41, 5.74) is 0. The molecule has 0 aliphatic carbocycles. The van der Waals surface area contributed by atoms with E-state index in [1.807, 2.05) is 0 Å². The van der Waals surface area contributed by atoms with E-state index in [0.29, 0.717) is 0 Å². The van der Waals surface area contributed by atoms with E-state index in [1.165, 1.54) is 0 Å². The fourth-order valence-electron chi connectivity index (χ4n) is 0.717. The smallest absolute Gasteiger partial charge is 0.0138 e. The number of hydrogen-bond donors (Lipinski definition) is 0. The van der Waals surface area contributed by atoms with Gasteiger partial charge in [-0.15, -0.1) is 0 Å². The minimum Gasteiger partial charge on any atom is -0.0734 e. The Morgan fingerprint density at radius 1 is 0.714 bits per heavy atom. The SMILES string of the molecule is [pH]1p2[pH]p3p1p3[pH]2. The van der Waals surface area contributed by atoms with E-state index in [9.17, 15) is 0 Å². The molecule has 0 spiro atoms. The second-order valence-electron chi connectivity index (χ2n) is 1.50. The lowest BCUT2D eigenvalue weighted by atomic mass is 29.5. The van der Waals surface area contributed by atoms with Crippen molar-refractivity contribution in [3.63, 3.8) is 0 Å². The van der Waals surface area contributed by atoms with Gasteiger partial charge in [-0.1, -0.05) is 22.6 Å². The van der Waals surface area contributed by atoms with Gasteiger partial charge in [-0.3, -0.25) is 0 Å². The minimum atomic E-state index is 0.838. The van der Waals surface area contributed by atoms with Gasteiger partial charge in [-0.2, -0.15) is 0 Å². The van der Waals surface area contributed by atoms with Crippen LogP contribution < -0.4 is 0 Å². The molecule has 4 aromatic heterocycles. The van der Waals surface area contributed by atoms with Crippen molar-refractivity contribution in [2.24, 2.45) is 0 Å². The van der Waals surface area contributed by atoms with Gasteiger partial charge in [0.2, 0.25) is 0 Å². The zero-order valence-corrected chi connectivity index (χ0v) is 9.87. The predicted molar refractivity (Wildman–Crippen MR) is 52.6 cm³/mol. The molecule has 4 aromatic rings. The highest BCUT2D eigenvalue weighted by molar-refractivity contribution is 9.09. The van der Waals surface area contributed by atoms with Crippen LogP contribution >= 0.6 is 48.1 Å². The molecule has 3 atom stereocenters. The molecule has 3 unspecified atom stereocenters. The largest absolute Gasteiger partial charge is 0.0734 e. The van der Waals surface area contributed by atoms with Crippen molar-refractivity contribution >= 4 is 48.1 Å². The van der Waals surface area contributed by atoms with Gasteiger partial charge in [0.1, 0.15) is 0 Å². The Morgan fingerprint density at radius 3 is 1.29 bits per heavy atom. The summed E-state index contributed by atoms with van der Waals surface area (Å²) in [6, 6.07) is 0. The Balaban J connectivity index is 3.26. The second kappa shape index (κ2) is 1.40. The Labute approximate surface area is 48.5 Å². The molecule has 7 heteroatoms. The fourth-order valence-corrected chi connectivity index (χ4v) is 174. The monoisotopic (exact) mass is 220 g/mol. The van der Waals surface area contributed by atoms with E-state index < -0.39 is 0 Å². The predicted octanol–water partition coefficient (Wildman–Crippen LogP) is 5.23. The van der Waals surface area contributed by atoms with Gasteiger partial charge in [0.05, 0.1) is 0 Å². The molecule has 4 bridgehead atoms. The lowest BCUT2D eigenvalue weighted by Gasteiger charge is -1.58. The van der Waals surface area contributed by atoms with Crippen molar-refractivity contribution in [2.75, 3.05) is 0 Å². The van der Waals surface area contributed by atoms with Crippen molar-refractivity contribution < 1.29 is 0 Å². The zero-order valence-electron chi connectivity index (χ0n) is 3.29. The molecular weight excluding hydrogens is 217 g/mol. The van der Waals surface area contributed by atoms with Crippen LogP contribution in [0.15, 0.2) is 0 Å². The maximum Gasteiger partial charge on any atom is -0.0138 e. The summed E-state index contributed by atoms with van der Waals surface area (Å²) in [5.74, 6) is 0. The van der Waals surface area contributed by atoms with Gasteiger partial charge in [0, 0.05) is 0 Å². The quantitative estimate of drug-likeness (QED) is 0.486. The molecule has 0 aliphatic rings. The van der Waals surface area contributed by atoms with Crippen LogP contribution in [0.1, 0.15) is 0 Å². The first kappa shape index (κ1) is 4.85. The molecule has 0 nitrogen and oxygen atoms in total. The van der Waals surface area contributed by atoms with Crippen molar-refractivity contribution in [1.82, 2.24) is 0 Å². The highest BCUT2D eigenvalue weighted by Crippen LogP contribution is 3.03. The lowest BCUT2D eigenvalue weighted by Crippen LogP contribution is -0.662. The third-order valence-corrected chi connectivity index (χ3v) is 82.3. The summed E-state index contributed by atoms with van der Waals surface area (Å²) in [4.78, 5) is 0. The van der Waals surface area contributed by atoms with E-state index in [0.717, 1.165) is 25.5 Å². The molecule has 0 saturated heterocycles. The highest BCUT2D eigenvalue weighted by Gasteiger charge is 2.14. The summed E-state index contributed by atoms with van der Waals surface area (Å²) in [6.45, 7) is 0. The van der Waals surface area contributed by atoms with Crippen LogP contribution in [-0.4, -0.2) is 0 Å². The fraction of sp³-hybridized carbons (Fsp3) is 0. The maximum atomic E-state index is 1.62. The minimum absolute atomic E-state index is 0.838. The summed E-state index contributed by atoms with van der Waals surface area (Å²) in [5, 5.41) is 0. The second-order valence-corrected chi connectivity index (χ2v) is 40.6. The summed E-state index contributed by atoms with van der Waals surface area (Å²) in [7, 11) is 4.85. The van der Waals surface area contributed by atoms with E-state index in [4.69, 9.17) is 0 Å². The molecule has 4 rings (SSSR count). The summed E-state index contributed by atoms with van der Waals surface area (Å²) < 4.78 is 0. The van der Waals surface area contributed by atoms with Crippen LogP contribution in [0.25, 0.3) is 0 Å². The van der Waals surface area contributed by atoms with Gasteiger partial charge in [0.25, 0.3) is 0 Å². The van der Waals surface area contributed by atoms with Gasteiger partial charge in [-0.05, 0) is 25.5 Å². The molecule has 0 aliphatic heterocycles. The first-order valence-corrected chi connectivity index (χ1v) is 17.5. The van der Waals surface area contributed by atoms with Crippen LogP contribution in [0.5, 0.6) is 0 Å². The molecule has 0 aromatic carbocycles. The van der Waals surface area contributed by atoms with E-state index in [-0.39, 0.29) is 0 Å². The molecule has 0 radical (unpaired) electrons. The average molecular weight is 220 g/mol. The first-order valence-electron chi connectivity index (χ1n) is 1.94. The third kappa shape index (κ3) is 0.519. The zero-order chi connectivity index (χ0) is 4.43. The van der Waals surface area contributed by atoms with Crippen LogP contribution in [-0.2, 0) is 0 Å². The Morgan fingerprint density at radius 2 is 1.14 bits per heavy atom. The van der Waals surface area contributed by atoms with Crippen molar-refractivity contribution in [3.05, 3.63) is 0 Å². The van der Waals surface area contributed by atoms with Crippen molar-refractivity contribution in [1.29, 1.82) is 0 Å². The molecule has 0 amide bonds. The van der Waals surface area contributed by atoms with Gasteiger partial charge < -0.3 is 0 Å². The maximum absolute atomic E-state index is 1.62. The molecule has 0 saturated carbocycles. The van der Waals surface area contributed by atoms with Gasteiger partial charge in [0.15, 0.2) is 0 Å². The molecule has 7 heavy (non-hydrogen) atoms. The van der Waals surface area contributed by atoms with Crippen LogP contribution in [0.2, 0.25) is 0 Å². The highest BCUT2D eigenvalue weighted by atomic mass is 33.1. The van der Waals surface area contributed by atoms with E-state index in [2.05, 4.69) is 0 Å². The molecule has 0 N–H and O–H groups in total. The molecule has 4 heterocycles. The van der Waals surface area contributed by atoms with Gasteiger partial charge >= 0.3 is 0 Å². The third-order valence-electron chi connectivity index (χ3n) is 1.08. The van der Waals surface area contributed by atoms with Crippen molar-refractivity contribution in [3.8, 4) is 0 Å². The Hall–Kier alpha value is 2.10. The lowest BCUT2D eigenvalue weighted by molar-refractivity contribution is 5.40. The molecule has 38 valence electrons. The van der Waals surface area contributed by atoms with Crippen LogP contribution in [0.3, 0.4) is 0 Å². The number of rotatable bonds is 0. The number of hydrogen-bond acceptors (Lipinski definition) is 0. The summed E-state index contributed by atoms with van der Waals surface area (Å²) in [6.07, 6.45) is 3.61. The Kier molecular flexibility index (Phi) is 0.967. The van der Waals surface area contributed by atoms with E-state index in [1.54, 1.807) is 22.6 Å². The normalized spacial score (nSPS) is 27.4. The first-order chi connectivity index (χ1) is 3.45. The van der Waals surface area contributed by atoms with Gasteiger partial charge in [-0.25, -0.2) is 0 Å². The molecule has 0 fully saturated rings. The van der Waals surface area contributed by atoms with Crippen molar-refractivity contribution in [2.45, 2.75) is 0 Å². The van der Waals surface area contributed by atoms with Crippen LogP contribution in [0, 0.1) is 0 Å². The average Bonchev–Trinajstić information content (AvgIpc) is 2.10. The summed E-state index contributed by atoms with van der Waals surface area (Å²) >= 11 is 0.